The summed E-state index contributed by atoms with van der Waals surface area (Å²) in [5.74, 6) is -0.487. The summed E-state index contributed by atoms with van der Waals surface area (Å²) in [4.78, 5) is 26.7. The lowest BCUT2D eigenvalue weighted by Crippen LogP contribution is -2.25. The number of benzene rings is 1. The summed E-state index contributed by atoms with van der Waals surface area (Å²) in [6.45, 7) is 5.27. The lowest BCUT2D eigenvalue weighted by molar-refractivity contribution is -0.383. The van der Waals surface area contributed by atoms with Crippen LogP contribution in [0.1, 0.15) is 26.3 Å². The Morgan fingerprint density at radius 1 is 1.33 bits per heavy atom. The highest BCUT2D eigenvalue weighted by Crippen LogP contribution is 2.29. The maximum absolute atomic E-state index is 11.9. The van der Waals surface area contributed by atoms with E-state index in [0.29, 0.717) is 16.3 Å². The van der Waals surface area contributed by atoms with E-state index in [1.807, 2.05) is 0 Å². The van der Waals surface area contributed by atoms with E-state index in [1.165, 1.54) is 6.20 Å². The maximum Gasteiger partial charge on any atom is 0.311 e. The van der Waals surface area contributed by atoms with Crippen LogP contribution in [0.3, 0.4) is 0 Å². The van der Waals surface area contributed by atoms with Gasteiger partial charge in [0.2, 0.25) is 0 Å². The molecule has 1 heterocycles. The van der Waals surface area contributed by atoms with Crippen LogP contribution in [-0.2, 0) is 16.0 Å². The molecule has 110 valence electrons. The molecular weight excluding hydrogens is 272 g/mol. The normalized spacial score (nSPS) is 11.4. The zero-order chi connectivity index (χ0) is 15.6. The number of rotatable bonds is 3. The van der Waals surface area contributed by atoms with Crippen molar-refractivity contribution in [3.63, 3.8) is 0 Å². The van der Waals surface area contributed by atoms with Crippen molar-refractivity contribution in [2.24, 2.45) is 0 Å². The molecular formula is C15H16N2O4. The number of carbonyl (C=O) groups is 1. The summed E-state index contributed by atoms with van der Waals surface area (Å²) in [5.41, 5.74) is -0.346. The van der Waals surface area contributed by atoms with Gasteiger partial charge in [-0.25, -0.2) is 0 Å². The number of nitro benzene ring substituents is 1. The first-order valence-corrected chi connectivity index (χ1v) is 6.50. The molecule has 0 saturated heterocycles. The summed E-state index contributed by atoms with van der Waals surface area (Å²) in [7, 11) is 0. The second-order valence-electron chi connectivity index (χ2n) is 5.69. The fraction of sp³-hybridized carbons (Fsp3) is 0.333. The minimum Gasteiger partial charge on any atom is -0.460 e. The van der Waals surface area contributed by atoms with Gasteiger partial charge in [0.05, 0.1) is 16.7 Å². The molecule has 0 aliphatic heterocycles. The number of nitrogens with zero attached hydrogens (tertiary/aromatic N) is 2. The van der Waals surface area contributed by atoms with Crippen LogP contribution < -0.4 is 0 Å². The van der Waals surface area contributed by atoms with Crippen molar-refractivity contribution in [3.8, 4) is 0 Å². The Labute approximate surface area is 121 Å². The molecule has 2 aromatic rings. The smallest absolute Gasteiger partial charge is 0.311 e. The summed E-state index contributed by atoms with van der Waals surface area (Å²) in [5, 5.41) is 12.5. The average molecular weight is 288 g/mol. The van der Waals surface area contributed by atoms with Gasteiger partial charge in [-0.2, -0.15) is 0 Å². The molecule has 0 bridgehead atoms. The lowest BCUT2D eigenvalue weighted by atomic mass is 10.0. The molecule has 6 heteroatoms. The predicted molar refractivity (Wildman–Crippen MR) is 77.9 cm³/mol. The number of ether oxygens (including phenoxy) is 1. The van der Waals surface area contributed by atoms with E-state index in [0.717, 1.165) is 0 Å². The van der Waals surface area contributed by atoms with Gasteiger partial charge in [-0.1, -0.05) is 12.1 Å². The highest BCUT2D eigenvalue weighted by molar-refractivity contribution is 5.93. The van der Waals surface area contributed by atoms with Crippen LogP contribution in [0.25, 0.3) is 10.8 Å². The van der Waals surface area contributed by atoms with E-state index < -0.39 is 16.5 Å². The van der Waals surface area contributed by atoms with Crippen LogP contribution >= 0.6 is 0 Å². The van der Waals surface area contributed by atoms with Gasteiger partial charge in [-0.05, 0) is 26.8 Å². The number of hydrogen-bond donors (Lipinski definition) is 0. The van der Waals surface area contributed by atoms with Crippen molar-refractivity contribution >= 4 is 22.4 Å². The van der Waals surface area contributed by atoms with Gasteiger partial charge in [-0.3, -0.25) is 19.9 Å². The molecule has 6 nitrogen and oxygen atoms in total. The highest BCUT2D eigenvalue weighted by Gasteiger charge is 2.23. The van der Waals surface area contributed by atoms with Crippen LogP contribution in [0.15, 0.2) is 30.6 Å². The second-order valence-corrected chi connectivity index (χ2v) is 5.69. The van der Waals surface area contributed by atoms with Gasteiger partial charge < -0.3 is 4.74 Å². The molecule has 0 aliphatic rings. The first-order valence-electron chi connectivity index (χ1n) is 6.50. The standard InChI is InChI=1S/C15H16N2O4/c1-15(2,3)21-13(18)8-10-4-5-11-9-16-7-6-12(11)14(10)17(19)20/h4-7,9H,8H2,1-3H3. The van der Waals surface area contributed by atoms with Gasteiger partial charge in [0, 0.05) is 23.3 Å². The van der Waals surface area contributed by atoms with E-state index in [-0.39, 0.29) is 12.1 Å². The average Bonchev–Trinajstić information content (AvgIpc) is 2.35. The SMILES string of the molecule is CC(C)(C)OC(=O)Cc1ccc2cnccc2c1[N+](=O)[O-]. The zero-order valence-electron chi connectivity index (χ0n) is 12.1. The van der Waals surface area contributed by atoms with Crippen molar-refractivity contribution < 1.29 is 14.5 Å². The number of fused-ring (bicyclic) bond motifs is 1. The molecule has 0 fully saturated rings. The monoisotopic (exact) mass is 288 g/mol. The molecule has 0 unspecified atom stereocenters. The van der Waals surface area contributed by atoms with Crippen molar-refractivity contribution in [1.29, 1.82) is 0 Å². The molecule has 1 aromatic carbocycles. The van der Waals surface area contributed by atoms with Crippen LogP contribution in [-0.4, -0.2) is 21.5 Å². The van der Waals surface area contributed by atoms with Gasteiger partial charge in [0.25, 0.3) is 5.69 Å². The molecule has 1 aromatic heterocycles. The fourth-order valence-electron chi connectivity index (χ4n) is 2.09. The van der Waals surface area contributed by atoms with Crippen molar-refractivity contribution in [1.82, 2.24) is 4.98 Å². The topological polar surface area (TPSA) is 82.3 Å². The summed E-state index contributed by atoms with van der Waals surface area (Å²) in [6.07, 6.45) is 2.91. The molecule has 0 aliphatic carbocycles. The number of hydrogen-bond acceptors (Lipinski definition) is 5. The molecule has 0 atom stereocenters. The van der Waals surface area contributed by atoms with Gasteiger partial charge in [0.1, 0.15) is 5.60 Å². The molecule has 2 rings (SSSR count). The minimum atomic E-state index is -0.618. The lowest BCUT2D eigenvalue weighted by Gasteiger charge is -2.19. The Bertz CT molecular complexity index is 704. The zero-order valence-corrected chi connectivity index (χ0v) is 12.1. The van der Waals surface area contributed by atoms with Crippen LogP contribution in [0.4, 0.5) is 5.69 Å². The van der Waals surface area contributed by atoms with E-state index in [2.05, 4.69) is 4.98 Å². The van der Waals surface area contributed by atoms with Crippen molar-refractivity contribution in [3.05, 3.63) is 46.3 Å². The van der Waals surface area contributed by atoms with Gasteiger partial charge in [-0.15, -0.1) is 0 Å². The number of pyridine rings is 1. The highest BCUT2D eigenvalue weighted by atomic mass is 16.6. The second kappa shape index (κ2) is 5.47. The molecule has 0 spiro atoms. The fourth-order valence-corrected chi connectivity index (χ4v) is 2.09. The van der Waals surface area contributed by atoms with Gasteiger partial charge in [0.15, 0.2) is 0 Å². The van der Waals surface area contributed by atoms with Crippen LogP contribution in [0, 0.1) is 10.1 Å². The number of esters is 1. The Morgan fingerprint density at radius 3 is 2.67 bits per heavy atom. The van der Waals surface area contributed by atoms with E-state index in [4.69, 9.17) is 4.74 Å². The Balaban J connectivity index is 2.42. The molecule has 0 N–H and O–H groups in total. The number of aromatic nitrogens is 1. The quantitative estimate of drug-likeness (QED) is 0.492. The van der Waals surface area contributed by atoms with E-state index in [9.17, 15) is 14.9 Å². The Kier molecular flexibility index (Phi) is 3.88. The van der Waals surface area contributed by atoms with Crippen molar-refractivity contribution in [2.75, 3.05) is 0 Å². The van der Waals surface area contributed by atoms with Crippen LogP contribution in [0.2, 0.25) is 0 Å². The first kappa shape index (κ1) is 14.9. The van der Waals surface area contributed by atoms with Crippen LogP contribution in [0.5, 0.6) is 0 Å². The summed E-state index contributed by atoms with van der Waals surface area (Å²) in [6, 6.07) is 4.87. The summed E-state index contributed by atoms with van der Waals surface area (Å²) < 4.78 is 5.21. The first-order chi connectivity index (χ1) is 9.78. The predicted octanol–water partition coefficient (Wildman–Crippen LogP) is 3.03. The Hall–Kier alpha value is -2.50. The minimum absolute atomic E-state index is 0.0687. The van der Waals surface area contributed by atoms with Crippen molar-refractivity contribution in [2.45, 2.75) is 32.8 Å². The third-order valence-electron chi connectivity index (χ3n) is 2.81. The summed E-state index contributed by atoms with van der Waals surface area (Å²) >= 11 is 0. The van der Waals surface area contributed by atoms with Gasteiger partial charge >= 0.3 is 5.97 Å². The molecule has 0 amide bonds. The van der Waals surface area contributed by atoms with E-state index >= 15 is 0 Å². The van der Waals surface area contributed by atoms with E-state index in [1.54, 1.807) is 45.2 Å². The number of carbonyl (C=O) groups excluding carboxylic acids is 1. The third-order valence-corrected chi connectivity index (χ3v) is 2.81. The third kappa shape index (κ3) is 3.53. The molecule has 0 saturated carbocycles. The Morgan fingerprint density at radius 2 is 2.05 bits per heavy atom. The maximum atomic E-state index is 11.9. The number of nitro groups is 1. The largest absolute Gasteiger partial charge is 0.460 e. The molecule has 21 heavy (non-hydrogen) atoms. The molecule has 0 radical (unpaired) electrons.